The van der Waals surface area contributed by atoms with Crippen molar-refractivity contribution in [3.05, 3.63) is 100 Å². The molecule has 1 amide bonds. The van der Waals surface area contributed by atoms with Gasteiger partial charge in [0.25, 0.3) is 11.7 Å². The molecule has 30 heavy (non-hydrogen) atoms. The zero-order valence-electron chi connectivity index (χ0n) is 17.2. The third-order valence-corrected chi connectivity index (χ3v) is 5.45. The molecule has 0 aliphatic carbocycles. The van der Waals surface area contributed by atoms with Crippen LogP contribution in [0.4, 0.5) is 0 Å². The predicted octanol–water partition coefficient (Wildman–Crippen LogP) is 4.83. The topological polar surface area (TPSA) is 70.8 Å². The summed E-state index contributed by atoms with van der Waals surface area (Å²) in [5, 5.41) is 11.2. The molecule has 0 spiro atoms. The number of carbonyl (C=O) groups excluding carboxylic acids is 2. The van der Waals surface area contributed by atoms with Crippen LogP contribution in [0.1, 0.15) is 39.6 Å². The second-order valence-electron chi connectivity index (χ2n) is 7.74. The van der Waals surface area contributed by atoms with Gasteiger partial charge in [-0.3, -0.25) is 9.59 Å². The minimum absolute atomic E-state index is 0.103. The van der Waals surface area contributed by atoms with E-state index < -0.39 is 17.7 Å². The number of ketones is 1. The lowest BCUT2D eigenvalue weighted by molar-refractivity contribution is -0.140. The van der Waals surface area contributed by atoms with Gasteiger partial charge in [-0.15, -0.1) is 0 Å². The third-order valence-electron chi connectivity index (χ3n) is 5.45. The summed E-state index contributed by atoms with van der Waals surface area (Å²) in [5.74, 6) is -0.916. The van der Waals surface area contributed by atoms with Crippen LogP contribution in [0.5, 0.6) is 0 Å². The number of aliphatic hydroxyl groups excluding tert-OH is 1. The predicted molar refractivity (Wildman–Crippen MR) is 114 cm³/mol. The van der Waals surface area contributed by atoms with Crippen molar-refractivity contribution in [1.82, 2.24) is 4.90 Å². The highest BCUT2D eigenvalue weighted by atomic mass is 16.3. The van der Waals surface area contributed by atoms with E-state index in [0.29, 0.717) is 11.3 Å². The summed E-state index contributed by atoms with van der Waals surface area (Å²) in [4.78, 5) is 27.5. The molecule has 3 aromatic rings. The molecule has 1 aliphatic rings. The molecule has 5 heteroatoms. The van der Waals surface area contributed by atoms with E-state index in [-0.39, 0.29) is 17.9 Å². The lowest BCUT2D eigenvalue weighted by Gasteiger charge is -2.25. The highest BCUT2D eigenvalue weighted by Gasteiger charge is 2.46. The Bertz CT molecular complexity index is 1160. The molecular weight excluding hydrogens is 378 g/mol. The van der Waals surface area contributed by atoms with Crippen LogP contribution < -0.4 is 0 Å². The molecule has 5 nitrogen and oxygen atoms in total. The number of amides is 1. The largest absolute Gasteiger partial charge is 0.507 e. The van der Waals surface area contributed by atoms with Gasteiger partial charge in [-0.25, -0.2) is 0 Å². The molecule has 1 atom stereocenters. The highest BCUT2D eigenvalue weighted by Crippen LogP contribution is 2.41. The fourth-order valence-electron chi connectivity index (χ4n) is 3.94. The van der Waals surface area contributed by atoms with Gasteiger partial charge in [-0.2, -0.15) is 0 Å². The van der Waals surface area contributed by atoms with Gasteiger partial charge in [0, 0.05) is 5.56 Å². The van der Waals surface area contributed by atoms with E-state index in [9.17, 15) is 14.7 Å². The smallest absolute Gasteiger partial charge is 0.296 e. The number of aryl methyl sites for hydroxylation is 3. The van der Waals surface area contributed by atoms with Crippen molar-refractivity contribution in [2.75, 3.05) is 0 Å². The number of nitrogens with zero attached hydrogens (tertiary/aromatic N) is 1. The number of carbonyl (C=O) groups is 2. The van der Waals surface area contributed by atoms with Gasteiger partial charge in [0.2, 0.25) is 0 Å². The van der Waals surface area contributed by atoms with Crippen molar-refractivity contribution in [2.45, 2.75) is 33.4 Å². The number of benzene rings is 2. The number of aliphatic hydroxyl groups is 1. The van der Waals surface area contributed by atoms with Crippen LogP contribution in [0.15, 0.2) is 70.9 Å². The van der Waals surface area contributed by atoms with Gasteiger partial charge in [-0.1, -0.05) is 47.5 Å². The molecular formula is C25H23NO4. The second kappa shape index (κ2) is 7.67. The van der Waals surface area contributed by atoms with E-state index in [2.05, 4.69) is 0 Å². The molecule has 2 heterocycles. The van der Waals surface area contributed by atoms with Crippen molar-refractivity contribution in [1.29, 1.82) is 0 Å². The fourth-order valence-corrected chi connectivity index (χ4v) is 3.94. The number of furan rings is 1. The summed E-state index contributed by atoms with van der Waals surface area (Å²) in [5.41, 5.74) is 4.22. The van der Waals surface area contributed by atoms with Gasteiger partial charge >= 0.3 is 0 Å². The Balaban J connectivity index is 1.92. The number of hydrogen-bond donors (Lipinski definition) is 1. The Labute approximate surface area is 175 Å². The fraction of sp³-hybridized carbons (Fsp3) is 0.200. The molecule has 1 unspecified atom stereocenters. The molecule has 4 rings (SSSR count). The van der Waals surface area contributed by atoms with Crippen molar-refractivity contribution >= 4 is 17.4 Å². The van der Waals surface area contributed by atoms with Crippen molar-refractivity contribution in [3.63, 3.8) is 0 Å². The van der Waals surface area contributed by atoms with Gasteiger partial charge in [0.1, 0.15) is 11.5 Å². The molecule has 152 valence electrons. The van der Waals surface area contributed by atoms with Crippen LogP contribution in [-0.2, 0) is 16.1 Å². The van der Waals surface area contributed by atoms with Crippen molar-refractivity contribution < 1.29 is 19.1 Å². The van der Waals surface area contributed by atoms with Gasteiger partial charge in [0.15, 0.2) is 0 Å². The van der Waals surface area contributed by atoms with Crippen LogP contribution >= 0.6 is 0 Å². The van der Waals surface area contributed by atoms with Gasteiger partial charge < -0.3 is 14.4 Å². The molecule has 1 aliphatic heterocycles. The van der Waals surface area contributed by atoms with Gasteiger partial charge in [-0.05, 0) is 50.1 Å². The van der Waals surface area contributed by atoms with E-state index >= 15 is 0 Å². The number of rotatable bonds is 4. The second-order valence-corrected chi connectivity index (χ2v) is 7.74. The van der Waals surface area contributed by atoms with E-state index in [0.717, 1.165) is 22.3 Å². The minimum atomic E-state index is -0.699. The third kappa shape index (κ3) is 3.43. The first-order valence-electron chi connectivity index (χ1n) is 9.82. The maximum atomic E-state index is 13.1. The normalized spacial score (nSPS) is 18.2. The van der Waals surface area contributed by atoms with Crippen LogP contribution in [0, 0.1) is 20.8 Å². The molecule has 0 saturated carbocycles. The first-order valence-corrected chi connectivity index (χ1v) is 9.82. The Morgan fingerprint density at radius 1 is 1.00 bits per heavy atom. The molecule has 2 aromatic carbocycles. The zero-order chi connectivity index (χ0) is 21.4. The van der Waals surface area contributed by atoms with Crippen LogP contribution in [0.3, 0.4) is 0 Å². The average Bonchev–Trinajstić information content (AvgIpc) is 3.32. The minimum Gasteiger partial charge on any atom is -0.507 e. The summed E-state index contributed by atoms with van der Waals surface area (Å²) in [6.07, 6.45) is 1.53. The highest BCUT2D eigenvalue weighted by molar-refractivity contribution is 6.46. The summed E-state index contributed by atoms with van der Waals surface area (Å²) >= 11 is 0. The van der Waals surface area contributed by atoms with Crippen molar-refractivity contribution in [3.8, 4) is 0 Å². The number of Topliss-reactive ketones (excluding diaryl/α,β-unsaturated/α-hetero) is 1. The van der Waals surface area contributed by atoms with Gasteiger partial charge in [0.05, 0.1) is 24.4 Å². The summed E-state index contributed by atoms with van der Waals surface area (Å²) in [6.45, 7) is 5.88. The molecule has 1 saturated heterocycles. The van der Waals surface area contributed by atoms with Crippen LogP contribution in [0.25, 0.3) is 5.76 Å². The van der Waals surface area contributed by atoms with Crippen molar-refractivity contribution in [2.24, 2.45) is 0 Å². The molecule has 1 N–H and O–H groups in total. The Morgan fingerprint density at radius 2 is 1.77 bits per heavy atom. The zero-order valence-corrected chi connectivity index (χ0v) is 17.2. The lowest BCUT2D eigenvalue weighted by atomic mass is 9.92. The van der Waals surface area contributed by atoms with E-state index in [1.807, 2.05) is 63.2 Å². The maximum absolute atomic E-state index is 13.1. The Morgan fingerprint density at radius 3 is 2.47 bits per heavy atom. The number of likely N-dealkylation sites (tertiary alicyclic amines) is 1. The molecule has 1 aromatic heterocycles. The molecule has 1 fully saturated rings. The molecule has 0 bridgehead atoms. The van der Waals surface area contributed by atoms with E-state index in [1.165, 1.54) is 11.2 Å². The monoisotopic (exact) mass is 401 g/mol. The van der Waals surface area contributed by atoms with E-state index in [4.69, 9.17) is 4.42 Å². The first kappa shape index (κ1) is 19.7. The lowest BCUT2D eigenvalue weighted by Crippen LogP contribution is -2.29. The summed E-state index contributed by atoms with van der Waals surface area (Å²) in [7, 11) is 0. The van der Waals surface area contributed by atoms with E-state index in [1.54, 1.807) is 12.1 Å². The van der Waals surface area contributed by atoms with Crippen LogP contribution in [0.2, 0.25) is 0 Å². The SMILES string of the molecule is Cc1cccc(C2/C(=C(\O)c3cc(C)ccc3C)C(=O)C(=O)N2Cc2ccco2)c1. The maximum Gasteiger partial charge on any atom is 0.296 e. The molecule has 0 radical (unpaired) electrons. The van der Waals surface area contributed by atoms with Crippen LogP contribution in [-0.4, -0.2) is 21.7 Å². The number of hydrogen-bond acceptors (Lipinski definition) is 4. The summed E-state index contributed by atoms with van der Waals surface area (Å²) < 4.78 is 5.42. The first-order chi connectivity index (χ1) is 14.4. The average molecular weight is 401 g/mol. The standard InChI is InChI=1S/C25H23NO4/c1-15-6-4-7-18(12-15)22-21(23(27)20-13-16(2)9-10-17(20)3)24(28)25(29)26(22)14-19-8-5-11-30-19/h4-13,22,27H,14H2,1-3H3/b23-21+. The Hall–Kier alpha value is -3.60. The quantitative estimate of drug-likeness (QED) is 0.386. The summed E-state index contributed by atoms with van der Waals surface area (Å²) in [6, 6.07) is 16.1. The Kier molecular flexibility index (Phi) is 5.04.